The average Bonchev–Trinajstić information content (AvgIpc) is 1.89. The first-order valence-electron chi connectivity index (χ1n) is 3.07. The number of nitrogens with zero attached hydrogens (tertiary/aromatic N) is 1. The van der Waals surface area contributed by atoms with Gasteiger partial charge in [-0.25, -0.2) is 0 Å². The lowest BCUT2D eigenvalue weighted by Gasteiger charge is -1.85. The molecule has 50 valence electrons. The van der Waals surface area contributed by atoms with Crippen molar-refractivity contribution < 1.29 is 0 Å². The number of aliphatic imine (C=N–C) groups is 1. The Hall–Kier alpha value is -0.850. The Balaban J connectivity index is 3.56. The van der Waals surface area contributed by atoms with Gasteiger partial charge in [-0.2, -0.15) is 0 Å². The molecule has 0 bridgehead atoms. The fourth-order valence-corrected chi connectivity index (χ4v) is 0.346. The van der Waals surface area contributed by atoms with Crippen LogP contribution in [0.3, 0.4) is 0 Å². The van der Waals surface area contributed by atoms with Gasteiger partial charge in [-0.15, -0.1) is 6.58 Å². The third-order valence-corrected chi connectivity index (χ3v) is 0.985. The lowest BCUT2D eigenvalue weighted by atomic mass is 10.4. The molecule has 0 aromatic rings. The van der Waals surface area contributed by atoms with E-state index in [-0.39, 0.29) is 0 Å². The summed E-state index contributed by atoms with van der Waals surface area (Å²) in [7, 11) is 0. The minimum atomic E-state index is 0.852. The molecule has 0 fully saturated rings. The first-order chi connectivity index (χ1) is 4.31. The summed E-state index contributed by atoms with van der Waals surface area (Å²) >= 11 is 0. The molecule has 0 aliphatic heterocycles. The second-order valence-corrected chi connectivity index (χ2v) is 1.77. The van der Waals surface area contributed by atoms with Gasteiger partial charge < -0.3 is 0 Å². The van der Waals surface area contributed by atoms with Crippen molar-refractivity contribution in [2.24, 2.45) is 4.99 Å². The van der Waals surface area contributed by atoms with Crippen molar-refractivity contribution in [1.82, 2.24) is 0 Å². The van der Waals surface area contributed by atoms with Crippen molar-refractivity contribution in [3.05, 3.63) is 24.4 Å². The monoisotopic (exact) mass is 123 g/mol. The van der Waals surface area contributed by atoms with Crippen LogP contribution in [-0.2, 0) is 0 Å². The van der Waals surface area contributed by atoms with Crippen LogP contribution >= 0.6 is 0 Å². The predicted octanol–water partition coefficient (Wildman–Crippen LogP) is 2.56. The van der Waals surface area contributed by atoms with Gasteiger partial charge in [0.2, 0.25) is 0 Å². The molecule has 0 N–H and O–H groups in total. The molecule has 0 rings (SSSR count). The van der Waals surface area contributed by atoms with Crippen molar-refractivity contribution in [2.45, 2.75) is 20.3 Å². The summed E-state index contributed by atoms with van der Waals surface area (Å²) in [5.41, 5.74) is 1.05. The Morgan fingerprint density at radius 2 is 2.33 bits per heavy atom. The zero-order valence-electron chi connectivity index (χ0n) is 6.09. The molecule has 0 spiro atoms. The average molecular weight is 123 g/mol. The summed E-state index contributed by atoms with van der Waals surface area (Å²) in [6.07, 6.45) is 6.50. The van der Waals surface area contributed by atoms with Gasteiger partial charge in [-0.3, -0.25) is 4.99 Å². The molecule has 0 amide bonds. The maximum atomic E-state index is 4.10. The van der Waals surface area contributed by atoms with Crippen LogP contribution in [0.5, 0.6) is 0 Å². The highest BCUT2D eigenvalue weighted by Crippen LogP contribution is 1.91. The Labute approximate surface area is 56.8 Å². The summed E-state index contributed by atoms with van der Waals surface area (Å²) < 4.78 is 0. The van der Waals surface area contributed by atoms with E-state index in [0.29, 0.717) is 0 Å². The summed E-state index contributed by atoms with van der Waals surface area (Å²) in [4.78, 5) is 4.10. The van der Waals surface area contributed by atoms with Gasteiger partial charge >= 0.3 is 0 Å². The van der Waals surface area contributed by atoms with Crippen LogP contribution in [0, 0.1) is 0 Å². The highest BCUT2D eigenvalue weighted by molar-refractivity contribution is 5.60. The van der Waals surface area contributed by atoms with Crippen molar-refractivity contribution in [3.63, 3.8) is 0 Å². The molecule has 9 heavy (non-hydrogen) atoms. The van der Waals surface area contributed by atoms with Gasteiger partial charge in [-0.1, -0.05) is 12.2 Å². The van der Waals surface area contributed by atoms with E-state index >= 15 is 0 Å². The molecule has 0 heterocycles. The van der Waals surface area contributed by atoms with E-state index in [2.05, 4.69) is 11.6 Å². The predicted molar refractivity (Wildman–Crippen MR) is 42.7 cm³/mol. The van der Waals surface area contributed by atoms with E-state index in [4.69, 9.17) is 0 Å². The van der Waals surface area contributed by atoms with Crippen LogP contribution in [0.1, 0.15) is 20.3 Å². The number of hydrogen-bond donors (Lipinski definition) is 0. The van der Waals surface area contributed by atoms with Crippen LogP contribution in [-0.4, -0.2) is 6.21 Å². The first kappa shape index (κ1) is 8.15. The fraction of sp³-hybridized carbons (Fsp3) is 0.375. The highest BCUT2D eigenvalue weighted by Gasteiger charge is 1.74. The summed E-state index contributed by atoms with van der Waals surface area (Å²) in [6.45, 7) is 7.52. The van der Waals surface area contributed by atoms with Crippen molar-refractivity contribution in [2.75, 3.05) is 0 Å². The van der Waals surface area contributed by atoms with E-state index in [0.717, 1.165) is 12.1 Å². The summed E-state index contributed by atoms with van der Waals surface area (Å²) in [6, 6.07) is 0. The van der Waals surface area contributed by atoms with Crippen LogP contribution in [0.4, 0.5) is 0 Å². The molecular formula is C8H13N. The molecule has 0 unspecified atom stereocenters. The van der Waals surface area contributed by atoms with Gasteiger partial charge in [-0.05, 0) is 13.8 Å². The zero-order chi connectivity index (χ0) is 7.11. The molecule has 1 nitrogen and oxygen atoms in total. The molecule has 1 heteroatoms. The Kier molecular flexibility index (Phi) is 4.79. The van der Waals surface area contributed by atoms with Crippen LogP contribution in [0.2, 0.25) is 0 Å². The molecule has 0 aliphatic rings. The first-order valence-corrected chi connectivity index (χ1v) is 3.07. The smallest absolute Gasteiger partial charge is 0.0326 e. The Morgan fingerprint density at radius 1 is 1.67 bits per heavy atom. The van der Waals surface area contributed by atoms with Gasteiger partial charge in [0.25, 0.3) is 0 Å². The molecule has 0 saturated carbocycles. The van der Waals surface area contributed by atoms with Crippen LogP contribution in [0.15, 0.2) is 29.4 Å². The third-order valence-electron chi connectivity index (χ3n) is 0.985. The second-order valence-electron chi connectivity index (χ2n) is 1.77. The largest absolute Gasteiger partial charge is 0.266 e. The van der Waals surface area contributed by atoms with Gasteiger partial charge in [0.15, 0.2) is 0 Å². The molecule has 0 aromatic heterocycles. The highest BCUT2D eigenvalue weighted by atomic mass is 14.7. The van der Waals surface area contributed by atoms with E-state index in [9.17, 15) is 0 Å². The number of hydrogen-bond acceptors (Lipinski definition) is 1. The lowest BCUT2D eigenvalue weighted by Crippen LogP contribution is -1.70. The topological polar surface area (TPSA) is 12.4 Å². The SMILES string of the molecule is C=CC/C=N\C(C)=C/C. The number of rotatable bonds is 3. The Morgan fingerprint density at radius 3 is 2.78 bits per heavy atom. The van der Waals surface area contributed by atoms with Crippen LogP contribution < -0.4 is 0 Å². The van der Waals surface area contributed by atoms with E-state index in [1.54, 1.807) is 0 Å². The molecule has 0 saturated heterocycles. The van der Waals surface area contributed by atoms with Gasteiger partial charge in [0.05, 0.1) is 0 Å². The van der Waals surface area contributed by atoms with E-state index in [1.165, 1.54) is 0 Å². The zero-order valence-corrected chi connectivity index (χ0v) is 6.09. The molecule has 0 aromatic carbocycles. The Bertz CT molecular complexity index is 132. The molecule has 0 radical (unpaired) electrons. The van der Waals surface area contributed by atoms with E-state index in [1.807, 2.05) is 32.2 Å². The van der Waals surface area contributed by atoms with Gasteiger partial charge in [0, 0.05) is 18.3 Å². The second kappa shape index (κ2) is 5.29. The molecule has 0 aliphatic carbocycles. The third kappa shape index (κ3) is 5.01. The molecular weight excluding hydrogens is 110 g/mol. The minimum absolute atomic E-state index is 0.852. The quantitative estimate of drug-likeness (QED) is 0.404. The minimum Gasteiger partial charge on any atom is -0.266 e. The van der Waals surface area contributed by atoms with Gasteiger partial charge in [0.1, 0.15) is 0 Å². The standard InChI is InChI=1S/C8H13N/c1-4-6-7-9-8(3)5-2/h4-5,7H,1,6H2,2-3H3/b8-5-,9-7-. The van der Waals surface area contributed by atoms with Crippen molar-refractivity contribution in [1.29, 1.82) is 0 Å². The lowest BCUT2D eigenvalue weighted by molar-refractivity contribution is 1.28. The molecule has 0 atom stereocenters. The fourth-order valence-electron chi connectivity index (χ4n) is 0.346. The summed E-state index contributed by atoms with van der Waals surface area (Å²) in [5, 5.41) is 0. The van der Waals surface area contributed by atoms with Crippen molar-refractivity contribution >= 4 is 6.21 Å². The summed E-state index contributed by atoms with van der Waals surface area (Å²) in [5.74, 6) is 0. The van der Waals surface area contributed by atoms with Crippen molar-refractivity contribution in [3.8, 4) is 0 Å². The maximum absolute atomic E-state index is 4.10. The van der Waals surface area contributed by atoms with Crippen LogP contribution in [0.25, 0.3) is 0 Å². The number of allylic oxidation sites excluding steroid dienone is 3. The maximum Gasteiger partial charge on any atom is 0.0326 e. The normalized spacial score (nSPS) is 12.4. The van der Waals surface area contributed by atoms with E-state index < -0.39 is 0 Å².